The van der Waals surface area contributed by atoms with E-state index in [0.717, 1.165) is 49.4 Å². The average Bonchev–Trinajstić information content (AvgIpc) is 3.89. The second-order valence-corrected chi connectivity index (χ2v) is 14.5. The van der Waals surface area contributed by atoms with Crippen molar-refractivity contribution in [1.29, 1.82) is 0 Å². The lowest BCUT2D eigenvalue weighted by Gasteiger charge is -2.21. The number of likely N-dealkylation sites (N-methyl/N-ethyl adjacent to an activating group) is 1. The number of rotatable bonds is 10. The molecule has 1 amide bonds. The Morgan fingerprint density at radius 1 is 0.947 bits per heavy atom. The molecule has 0 bridgehead atoms. The summed E-state index contributed by atoms with van der Waals surface area (Å²) in [6.07, 6.45) is 6.94. The van der Waals surface area contributed by atoms with Gasteiger partial charge in [0.2, 0.25) is 0 Å². The summed E-state index contributed by atoms with van der Waals surface area (Å²) in [6.45, 7) is 5.78. The van der Waals surface area contributed by atoms with Gasteiger partial charge in [-0.25, -0.2) is 24.2 Å². The molecule has 5 aromatic heterocycles. The van der Waals surface area contributed by atoms with E-state index in [2.05, 4.69) is 22.5 Å². The quantitative estimate of drug-likeness (QED) is 0.122. The monoisotopic (exact) mass is 765 g/mol. The molecule has 1 aliphatic heterocycles. The summed E-state index contributed by atoms with van der Waals surface area (Å²) in [6, 6.07) is 22.6. The number of aromatic hydroxyl groups is 2. The van der Waals surface area contributed by atoms with E-state index in [1.54, 1.807) is 13.1 Å². The average molecular weight is 766 g/mol. The number of ether oxygens (including phenoxy) is 3. The molecule has 0 radical (unpaired) electrons. The Kier molecular flexibility index (Phi) is 8.89. The lowest BCUT2D eigenvalue weighted by Crippen LogP contribution is -2.31. The molecule has 6 heterocycles. The number of hydrogen-bond donors (Lipinski definition) is 3. The molecule has 0 saturated carbocycles. The van der Waals surface area contributed by atoms with Crippen molar-refractivity contribution in [2.24, 2.45) is 0 Å². The van der Waals surface area contributed by atoms with Crippen LogP contribution in [0.25, 0.3) is 61.1 Å². The molecule has 0 unspecified atom stereocenters. The molecule has 0 atom stereocenters. The minimum atomic E-state index is -0.529. The van der Waals surface area contributed by atoms with Crippen molar-refractivity contribution in [3.8, 4) is 28.6 Å². The maximum absolute atomic E-state index is 13.2. The zero-order valence-electron chi connectivity index (χ0n) is 31.5. The topological polar surface area (TPSA) is 161 Å². The number of carbonyl (C=O) groups is 1. The van der Waals surface area contributed by atoms with E-state index in [1.807, 2.05) is 89.8 Å². The number of aromatic amines is 1. The zero-order valence-corrected chi connectivity index (χ0v) is 31.5. The molecule has 14 nitrogen and oxygen atoms in total. The highest BCUT2D eigenvalue weighted by atomic mass is 16.6. The van der Waals surface area contributed by atoms with Gasteiger partial charge >= 0.3 is 11.8 Å². The zero-order chi connectivity index (χ0) is 39.4. The summed E-state index contributed by atoms with van der Waals surface area (Å²) in [5, 5.41) is 30.7. The van der Waals surface area contributed by atoms with Crippen molar-refractivity contribution >= 4 is 50.1 Å². The number of aromatic nitrogens is 6. The van der Waals surface area contributed by atoms with Crippen molar-refractivity contribution in [1.82, 2.24) is 33.6 Å². The van der Waals surface area contributed by atoms with Crippen LogP contribution in [0.3, 0.4) is 0 Å². The summed E-state index contributed by atoms with van der Waals surface area (Å²) in [5.41, 5.74) is 6.36. The fourth-order valence-corrected chi connectivity index (χ4v) is 7.39. The molecule has 0 aliphatic carbocycles. The summed E-state index contributed by atoms with van der Waals surface area (Å²) in [5.74, 6) is 0.342. The second-order valence-electron chi connectivity index (χ2n) is 14.5. The number of nitrogens with one attached hydrogen (secondary N) is 1. The van der Waals surface area contributed by atoms with Crippen LogP contribution >= 0.6 is 0 Å². The number of carbonyl (C=O) groups excluding carboxylic acids is 1. The predicted molar refractivity (Wildman–Crippen MR) is 215 cm³/mol. The Hall–Kier alpha value is -7.06. The van der Waals surface area contributed by atoms with Crippen LogP contribution in [0.5, 0.6) is 11.5 Å². The smallest absolute Gasteiger partial charge is 0.415 e. The van der Waals surface area contributed by atoms with Gasteiger partial charge < -0.3 is 38.3 Å². The molecule has 3 N–H and O–H groups in total. The number of para-hydroxylation sites is 1. The van der Waals surface area contributed by atoms with Crippen molar-refractivity contribution in [2.75, 3.05) is 26.8 Å². The Bertz CT molecular complexity index is 2950. The molecule has 1 aliphatic rings. The van der Waals surface area contributed by atoms with E-state index in [9.17, 15) is 19.8 Å². The summed E-state index contributed by atoms with van der Waals surface area (Å²) in [4.78, 5) is 32.5. The number of phenols is 2. The Balaban J connectivity index is 0.823. The van der Waals surface area contributed by atoms with Crippen molar-refractivity contribution in [3.63, 3.8) is 0 Å². The van der Waals surface area contributed by atoms with E-state index in [-0.39, 0.29) is 23.2 Å². The van der Waals surface area contributed by atoms with Crippen molar-refractivity contribution < 1.29 is 29.2 Å². The number of phenolic OH excluding ortho intramolecular Hbond substituents is 2. The van der Waals surface area contributed by atoms with Gasteiger partial charge in [-0.1, -0.05) is 32.0 Å². The van der Waals surface area contributed by atoms with E-state index in [4.69, 9.17) is 19.2 Å². The summed E-state index contributed by atoms with van der Waals surface area (Å²) < 4.78 is 22.9. The SMILES string of the molecule is CC(C)c1cc(-c2n[nH]c(=O)n2-c2ccc3c(ccn3CCOCCN(C)C(=O)OC3=COCc4cn5cc6cc7ccccc7nc6c5cc43)c2)c(O)cc1O. The third kappa shape index (κ3) is 6.49. The van der Waals surface area contributed by atoms with Crippen LogP contribution in [-0.4, -0.2) is 76.7 Å². The number of benzene rings is 3. The van der Waals surface area contributed by atoms with Gasteiger partial charge in [-0.05, 0) is 60.0 Å². The number of pyridine rings is 2. The second kappa shape index (κ2) is 14.2. The van der Waals surface area contributed by atoms with Gasteiger partial charge in [-0.3, -0.25) is 0 Å². The molecule has 0 fully saturated rings. The van der Waals surface area contributed by atoms with Gasteiger partial charge in [-0.2, -0.15) is 5.10 Å². The standard InChI is InChI=1S/C43H39N7O7/c1-25(2)31-18-33(38(52)20-37(31)51)41-45-46-42(53)50(41)30-8-9-35-27(17-30)10-11-48(35)13-15-55-14-12-47(3)43(54)57-39-24-56-23-29-22-49-21-28-16-26-6-4-5-7-34(26)44-40(28)36(49)19-32(29)39/h4-11,16-22,24-25,51-52H,12-15,23H2,1-3H3,(H,46,53). The van der Waals surface area contributed by atoms with Crippen LogP contribution in [0.1, 0.15) is 36.5 Å². The van der Waals surface area contributed by atoms with Gasteiger partial charge in [0.15, 0.2) is 11.6 Å². The molecule has 0 spiro atoms. The highest BCUT2D eigenvalue weighted by molar-refractivity contribution is 6.01. The van der Waals surface area contributed by atoms with Crippen LogP contribution < -0.4 is 5.69 Å². The van der Waals surface area contributed by atoms with Gasteiger partial charge in [0.25, 0.3) is 0 Å². The highest BCUT2D eigenvalue weighted by Gasteiger charge is 2.23. The first-order valence-corrected chi connectivity index (χ1v) is 18.6. The maximum Gasteiger partial charge on any atom is 0.415 e. The molecule has 0 saturated heterocycles. The van der Waals surface area contributed by atoms with Crippen LogP contribution in [0, 0.1) is 0 Å². The number of hydrogen-bond acceptors (Lipinski definition) is 9. The van der Waals surface area contributed by atoms with Gasteiger partial charge in [-0.15, -0.1) is 0 Å². The van der Waals surface area contributed by atoms with E-state index < -0.39 is 11.8 Å². The van der Waals surface area contributed by atoms with Crippen molar-refractivity contribution in [2.45, 2.75) is 32.9 Å². The molecule has 14 heteroatoms. The Labute approximate surface area is 325 Å². The molecule has 288 valence electrons. The Morgan fingerprint density at radius 2 is 1.81 bits per heavy atom. The maximum atomic E-state index is 13.2. The molecule has 3 aromatic carbocycles. The van der Waals surface area contributed by atoms with Gasteiger partial charge in [0.1, 0.15) is 24.4 Å². The molecule has 57 heavy (non-hydrogen) atoms. The molecule has 8 aromatic rings. The lowest BCUT2D eigenvalue weighted by molar-refractivity contribution is 0.0968. The van der Waals surface area contributed by atoms with Crippen molar-refractivity contribution in [3.05, 3.63) is 125 Å². The van der Waals surface area contributed by atoms with E-state index >= 15 is 0 Å². The molecule has 9 rings (SSSR count). The fraction of sp³-hybridized carbons (Fsp3) is 0.209. The molecular weight excluding hydrogens is 727 g/mol. The van der Waals surface area contributed by atoms with Crippen LogP contribution in [0.15, 0.2) is 102 Å². The first-order valence-electron chi connectivity index (χ1n) is 18.6. The molecular formula is C43H39N7O7. The highest BCUT2D eigenvalue weighted by Crippen LogP contribution is 2.38. The van der Waals surface area contributed by atoms with Gasteiger partial charge in [0, 0.05) is 77.6 Å². The normalized spacial score (nSPS) is 12.7. The number of nitrogens with zero attached hydrogens (tertiary/aromatic N) is 6. The minimum absolute atomic E-state index is 0.0148. The minimum Gasteiger partial charge on any atom is -0.508 e. The van der Waals surface area contributed by atoms with Crippen LogP contribution in [0.2, 0.25) is 0 Å². The third-order valence-corrected chi connectivity index (χ3v) is 10.4. The van der Waals surface area contributed by atoms with Crippen LogP contribution in [0.4, 0.5) is 4.79 Å². The number of amides is 1. The largest absolute Gasteiger partial charge is 0.508 e. The first-order chi connectivity index (χ1) is 27.6. The number of H-pyrrole nitrogens is 1. The van der Waals surface area contributed by atoms with E-state index in [0.29, 0.717) is 55.5 Å². The Morgan fingerprint density at radius 3 is 2.67 bits per heavy atom. The van der Waals surface area contributed by atoms with Crippen LogP contribution in [-0.2, 0) is 27.4 Å². The fourth-order valence-electron chi connectivity index (χ4n) is 7.39. The number of fused-ring (bicyclic) bond motifs is 6. The lowest BCUT2D eigenvalue weighted by atomic mass is 9.98. The third-order valence-electron chi connectivity index (χ3n) is 10.4. The van der Waals surface area contributed by atoms with E-state index in [1.165, 1.54) is 21.8 Å². The summed E-state index contributed by atoms with van der Waals surface area (Å²) in [7, 11) is 1.66. The predicted octanol–water partition coefficient (Wildman–Crippen LogP) is 7.28. The van der Waals surface area contributed by atoms with Gasteiger partial charge in [0.05, 0.1) is 41.0 Å². The summed E-state index contributed by atoms with van der Waals surface area (Å²) >= 11 is 0. The first kappa shape index (κ1) is 35.6.